The smallest absolute Gasteiger partial charge is 0.291 e. The Morgan fingerprint density at radius 1 is 1.03 bits per heavy atom. The summed E-state index contributed by atoms with van der Waals surface area (Å²) in [6, 6.07) is 21.7. The lowest BCUT2D eigenvalue weighted by molar-refractivity contribution is -0.115. The average molecular weight is 400 g/mol. The van der Waals surface area contributed by atoms with Gasteiger partial charge in [-0.3, -0.25) is 9.59 Å². The zero-order chi connectivity index (χ0) is 20.9. The third-order valence-corrected chi connectivity index (χ3v) is 4.68. The molecule has 0 atom stereocenters. The monoisotopic (exact) mass is 400 g/mol. The molecule has 3 aromatic carbocycles. The summed E-state index contributed by atoms with van der Waals surface area (Å²) in [7, 11) is 1.60. The summed E-state index contributed by atoms with van der Waals surface area (Å²) in [5.74, 6) is 1.01. The number of ether oxygens (including phenoxy) is 2. The van der Waals surface area contributed by atoms with Crippen molar-refractivity contribution in [1.29, 1.82) is 0 Å². The van der Waals surface area contributed by atoms with E-state index in [2.05, 4.69) is 10.6 Å². The minimum atomic E-state index is -0.313. The van der Waals surface area contributed by atoms with Gasteiger partial charge in [-0.2, -0.15) is 0 Å². The number of hydrogen-bond donors (Lipinski definition) is 2. The summed E-state index contributed by atoms with van der Waals surface area (Å²) < 4.78 is 11.0. The molecule has 0 fully saturated rings. The second-order valence-corrected chi connectivity index (χ2v) is 6.68. The fraction of sp³-hybridized carbons (Fsp3) is 0.0833. The predicted octanol–water partition coefficient (Wildman–Crippen LogP) is 4.00. The number of methoxy groups -OCH3 is 1. The molecule has 30 heavy (non-hydrogen) atoms. The molecule has 2 amide bonds. The third kappa shape index (κ3) is 4.17. The van der Waals surface area contributed by atoms with Crippen LogP contribution in [0, 0.1) is 0 Å². The summed E-state index contributed by atoms with van der Waals surface area (Å²) in [6.07, 6.45) is 1.64. The highest BCUT2D eigenvalue weighted by Crippen LogP contribution is 2.30. The van der Waals surface area contributed by atoms with E-state index in [-0.39, 0.29) is 17.6 Å². The summed E-state index contributed by atoms with van der Waals surface area (Å²) in [5, 5.41) is 5.68. The molecule has 4 rings (SSSR count). The second kappa shape index (κ2) is 8.53. The van der Waals surface area contributed by atoms with Crippen LogP contribution in [0.5, 0.6) is 11.5 Å². The molecule has 0 bridgehead atoms. The van der Waals surface area contributed by atoms with Crippen LogP contribution in [-0.4, -0.2) is 18.9 Å². The highest BCUT2D eigenvalue weighted by atomic mass is 16.5. The molecule has 0 unspecified atom stereocenters. The Labute approximate surface area is 174 Å². The van der Waals surface area contributed by atoms with E-state index in [0.717, 1.165) is 16.9 Å². The van der Waals surface area contributed by atoms with Gasteiger partial charge >= 0.3 is 0 Å². The van der Waals surface area contributed by atoms with Gasteiger partial charge in [0.2, 0.25) is 0 Å². The van der Waals surface area contributed by atoms with Gasteiger partial charge in [0.05, 0.1) is 12.8 Å². The lowest BCUT2D eigenvalue weighted by Gasteiger charge is -2.19. The zero-order valence-corrected chi connectivity index (χ0v) is 16.3. The van der Waals surface area contributed by atoms with E-state index in [4.69, 9.17) is 9.47 Å². The zero-order valence-electron chi connectivity index (χ0n) is 16.3. The lowest BCUT2D eigenvalue weighted by Crippen LogP contribution is -2.23. The van der Waals surface area contributed by atoms with E-state index in [0.29, 0.717) is 23.5 Å². The molecule has 1 heterocycles. The van der Waals surface area contributed by atoms with Gasteiger partial charge in [-0.25, -0.2) is 0 Å². The van der Waals surface area contributed by atoms with Crippen LogP contribution in [0.15, 0.2) is 78.6 Å². The van der Waals surface area contributed by atoms with Crippen molar-refractivity contribution in [1.82, 2.24) is 5.32 Å². The molecule has 0 spiro atoms. The van der Waals surface area contributed by atoms with Crippen LogP contribution in [0.2, 0.25) is 0 Å². The van der Waals surface area contributed by atoms with E-state index >= 15 is 0 Å². The van der Waals surface area contributed by atoms with Gasteiger partial charge in [-0.15, -0.1) is 0 Å². The van der Waals surface area contributed by atoms with Crippen molar-refractivity contribution >= 4 is 23.6 Å². The van der Waals surface area contributed by atoms with Crippen LogP contribution in [0.1, 0.15) is 21.5 Å². The first-order chi connectivity index (χ1) is 14.6. The van der Waals surface area contributed by atoms with Gasteiger partial charge in [0.1, 0.15) is 5.75 Å². The largest absolute Gasteiger partial charge is 0.496 e. The third-order valence-electron chi connectivity index (χ3n) is 4.68. The number of benzene rings is 3. The van der Waals surface area contributed by atoms with Crippen molar-refractivity contribution in [3.8, 4) is 11.5 Å². The molecule has 2 N–H and O–H groups in total. The number of hydrogen-bond acceptors (Lipinski definition) is 4. The van der Waals surface area contributed by atoms with Gasteiger partial charge < -0.3 is 20.1 Å². The Bertz CT molecular complexity index is 1120. The number of amides is 2. The molecule has 0 saturated carbocycles. The molecule has 0 saturated heterocycles. The Balaban J connectivity index is 1.43. The Morgan fingerprint density at radius 3 is 2.57 bits per heavy atom. The summed E-state index contributed by atoms with van der Waals surface area (Å²) in [4.78, 5) is 24.7. The predicted molar refractivity (Wildman–Crippen MR) is 114 cm³/mol. The maximum atomic E-state index is 12.5. The van der Waals surface area contributed by atoms with Crippen molar-refractivity contribution in [2.24, 2.45) is 0 Å². The first-order valence-corrected chi connectivity index (χ1v) is 9.44. The van der Waals surface area contributed by atoms with Gasteiger partial charge in [-0.1, -0.05) is 42.5 Å². The van der Waals surface area contributed by atoms with E-state index in [9.17, 15) is 9.59 Å². The van der Waals surface area contributed by atoms with Gasteiger partial charge in [0.15, 0.2) is 11.5 Å². The fourth-order valence-corrected chi connectivity index (χ4v) is 3.11. The number of rotatable bonds is 5. The average Bonchev–Trinajstić information content (AvgIpc) is 2.78. The molecule has 0 aliphatic carbocycles. The number of carbonyl (C=O) groups is 2. The second-order valence-electron chi connectivity index (χ2n) is 6.68. The molecule has 6 heteroatoms. The molecule has 0 radical (unpaired) electrons. The van der Waals surface area contributed by atoms with E-state index in [1.807, 2.05) is 36.4 Å². The van der Waals surface area contributed by atoms with E-state index in [1.165, 1.54) is 0 Å². The summed E-state index contributed by atoms with van der Waals surface area (Å²) in [5.41, 5.74) is 2.81. The van der Waals surface area contributed by atoms with Gasteiger partial charge in [0, 0.05) is 17.7 Å². The van der Waals surface area contributed by atoms with Crippen molar-refractivity contribution in [3.05, 3.63) is 95.2 Å². The Kier molecular flexibility index (Phi) is 5.48. The highest BCUT2D eigenvalue weighted by molar-refractivity contribution is 6.08. The maximum absolute atomic E-state index is 12.5. The minimum Gasteiger partial charge on any atom is -0.496 e. The number of para-hydroxylation sites is 3. The molecule has 3 aromatic rings. The van der Waals surface area contributed by atoms with Crippen molar-refractivity contribution in [2.45, 2.75) is 6.54 Å². The SMILES string of the molecule is COc1ccccc1CNC(=O)c1ccc(C=C2Oc3ccccc3NC2=O)cc1. The van der Waals surface area contributed by atoms with Gasteiger partial charge in [0.25, 0.3) is 11.8 Å². The molecule has 6 nitrogen and oxygen atoms in total. The highest BCUT2D eigenvalue weighted by Gasteiger charge is 2.21. The molecule has 1 aliphatic heterocycles. The molecule has 1 aliphatic rings. The number of anilines is 1. The van der Waals surface area contributed by atoms with E-state index < -0.39 is 0 Å². The van der Waals surface area contributed by atoms with Gasteiger partial charge in [-0.05, 0) is 42.0 Å². The number of carbonyl (C=O) groups excluding carboxylic acids is 2. The summed E-state index contributed by atoms with van der Waals surface area (Å²) >= 11 is 0. The van der Waals surface area contributed by atoms with Crippen LogP contribution in [0.4, 0.5) is 5.69 Å². The molecular weight excluding hydrogens is 380 g/mol. The lowest BCUT2D eigenvalue weighted by atomic mass is 10.1. The Hall–Kier alpha value is -4.06. The number of fused-ring (bicyclic) bond motifs is 1. The van der Waals surface area contributed by atoms with Crippen molar-refractivity contribution in [2.75, 3.05) is 12.4 Å². The first kappa shape index (κ1) is 19.3. The topological polar surface area (TPSA) is 76.7 Å². The minimum absolute atomic E-state index is 0.194. The molecule has 0 aromatic heterocycles. The summed E-state index contributed by atoms with van der Waals surface area (Å²) in [6.45, 7) is 0.363. The van der Waals surface area contributed by atoms with Crippen LogP contribution >= 0.6 is 0 Å². The van der Waals surface area contributed by atoms with Crippen LogP contribution in [0.25, 0.3) is 6.08 Å². The molecular formula is C24H20N2O4. The van der Waals surface area contributed by atoms with Crippen LogP contribution < -0.4 is 20.1 Å². The maximum Gasteiger partial charge on any atom is 0.291 e. The van der Waals surface area contributed by atoms with Crippen LogP contribution in [0.3, 0.4) is 0 Å². The Morgan fingerprint density at radius 2 is 1.77 bits per heavy atom. The van der Waals surface area contributed by atoms with E-state index in [1.54, 1.807) is 49.6 Å². The first-order valence-electron chi connectivity index (χ1n) is 9.44. The number of nitrogens with one attached hydrogen (secondary N) is 2. The standard InChI is InChI=1S/C24H20N2O4/c1-29-20-8-4-2-6-18(20)15-25-23(27)17-12-10-16(11-13-17)14-22-24(28)26-19-7-3-5-9-21(19)30-22/h2-14H,15H2,1H3,(H,25,27)(H,26,28). The van der Waals surface area contributed by atoms with Crippen molar-refractivity contribution in [3.63, 3.8) is 0 Å². The van der Waals surface area contributed by atoms with Crippen LogP contribution in [-0.2, 0) is 11.3 Å². The molecule has 150 valence electrons. The normalized spacial score (nSPS) is 13.8. The fourth-order valence-electron chi connectivity index (χ4n) is 3.11. The van der Waals surface area contributed by atoms with Crippen molar-refractivity contribution < 1.29 is 19.1 Å². The quantitative estimate of drug-likeness (QED) is 0.635.